The van der Waals surface area contributed by atoms with E-state index in [1.165, 1.54) is 23.7 Å². The Labute approximate surface area is 207 Å². The lowest BCUT2D eigenvalue weighted by atomic mass is 10.2. The van der Waals surface area contributed by atoms with Crippen molar-refractivity contribution in [3.05, 3.63) is 93.3 Å². The minimum Gasteiger partial charge on any atom is -0.462 e. The Hall–Kier alpha value is -4.37. The molecule has 0 N–H and O–H groups in total. The molecular weight excluding hydrogens is 460 g/mol. The largest absolute Gasteiger partial charge is 0.462 e. The van der Waals surface area contributed by atoms with Crippen LogP contribution in [0.1, 0.15) is 28.4 Å². The first-order valence-corrected chi connectivity index (χ1v) is 11.5. The maximum atomic E-state index is 13.4. The molecule has 9 heteroatoms. The summed E-state index contributed by atoms with van der Waals surface area (Å²) in [5.74, 6) is -1.28. The molecule has 3 heterocycles. The summed E-state index contributed by atoms with van der Waals surface area (Å²) in [4.78, 5) is 48.2. The van der Waals surface area contributed by atoms with Gasteiger partial charge in [0, 0.05) is 25.9 Å². The van der Waals surface area contributed by atoms with Gasteiger partial charge in [0.05, 0.1) is 18.6 Å². The number of methoxy groups -OCH3 is 1. The number of carbonyl (C=O) groups excluding carboxylic acids is 2. The molecule has 0 unspecified atom stereocenters. The maximum absolute atomic E-state index is 13.4. The molecule has 0 fully saturated rings. The van der Waals surface area contributed by atoms with E-state index in [2.05, 4.69) is 4.99 Å². The van der Waals surface area contributed by atoms with Crippen molar-refractivity contribution >= 4 is 34.6 Å². The van der Waals surface area contributed by atoms with E-state index >= 15 is 0 Å². The van der Waals surface area contributed by atoms with Gasteiger partial charge < -0.3 is 14.0 Å². The zero-order valence-electron chi connectivity index (χ0n) is 20.3. The monoisotopic (exact) mass is 486 g/mol. The molecule has 4 aromatic rings. The van der Waals surface area contributed by atoms with Crippen molar-refractivity contribution in [2.75, 3.05) is 20.3 Å². The fraction of sp³-hybridized carbons (Fsp3) is 0.222. The lowest BCUT2D eigenvalue weighted by molar-refractivity contribution is -0.113. The van der Waals surface area contributed by atoms with Crippen molar-refractivity contribution in [3.8, 4) is 0 Å². The van der Waals surface area contributed by atoms with E-state index in [1.807, 2.05) is 43.3 Å². The number of rotatable bonds is 7. The summed E-state index contributed by atoms with van der Waals surface area (Å²) in [5, 5.41) is 0.198. The molecule has 3 aromatic heterocycles. The number of fused-ring (bicyclic) bond motifs is 2. The SMILES string of the molecule is CCOC(=O)c1cc2c(=O)n3cccc(C)c3nc2n(CCOC)c1=NC(=O)C=Cc1ccccc1. The quantitative estimate of drug-likeness (QED) is 0.226. The van der Waals surface area contributed by atoms with Crippen LogP contribution in [0.15, 0.2) is 70.6 Å². The summed E-state index contributed by atoms with van der Waals surface area (Å²) < 4.78 is 13.5. The lowest BCUT2D eigenvalue weighted by Crippen LogP contribution is -2.33. The molecule has 0 aliphatic rings. The third-order valence-corrected chi connectivity index (χ3v) is 5.55. The first kappa shape index (κ1) is 24.7. The molecular formula is C27H26N4O5. The molecule has 184 valence electrons. The topological polar surface area (TPSA) is 104 Å². The van der Waals surface area contributed by atoms with Gasteiger partial charge in [-0.15, -0.1) is 0 Å². The van der Waals surface area contributed by atoms with Crippen LogP contribution in [0, 0.1) is 6.92 Å². The van der Waals surface area contributed by atoms with Gasteiger partial charge in [0.15, 0.2) is 5.49 Å². The van der Waals surface area contributed by atoms with Crippen LogP contribution in [-0.4, -0.2) is 46.2 Å². The lowest BCUT2D eigenvalue weighted by Gasteiger charge is -2.15. The number of pyridine rings is 2. The van der Waals surface area contributed by atoms with Gasteiger partial charge in [0.1, 0.15) is 16.9 Å². The highest BCUT2D eigenvalue weighted by molar-refractivity contribution is 5.96. The molecule has 1 amide bonds. The number of amides is 1. The van der Waals surface area contributed by atoms with E-state index in [0.717, 1.165) is 11.1 Å². The number of nitrogens with zero attached hydrogens (tertiary/aromatic N) is 4. The van der Waals surface area contributed by atoms with E-state index in [9.17, 15) is 14.4 Å². The fourth-order valence-corrected chi connectivity index (χ4v) is 3.83. The number of hydrogen-bond donors (Lipinski definition) is 0. The van der Waals surface area contributed by atoms with E-state index in [-0.39, 0.29) is 47.4 Å². The van der Waals surface area contributed by atoms with Crippen molar-refractivity contribution in [1.82, 2.24) is 14.0 Å². The number of aryl methyl sites for hydroxylation is 1. The van der Waals surface area contributed by atoms with Gasteiger partial charge in [-0.2, -0.15) is 4.99 Å². The van der Waals surface area contributed by atoms with Gasteiger partial charge >= 0.3 is 5.97 Å². The summed E-state index contributed by atoms with van der Waals surface area (Å²) >= 11 is 0. The number of aromatic nitrogens is 3. The Morgan fingerprint density at radius 1 is 1.11 bits per heavy atom. The Bertz CT molecular complexity index is 1600. The molecule has 9 nitrogen and oxygen atoms in total. The van der Waals surface area contributed by atoms with E-state index in [0.29, 0.717) is 5.65 Å². The first-order valence-electron chi connectivity index (χ1n) is 11.5. The van der Waals surface area contributed by atoms with Crippen molar-refractivity contribution in [1.29, 1.82) is 0 Å². The molecule has 0 radical (unpaired) electrons. The number of esters is 1. The zero-order valence-corrected chi connectivity index (χ0v) is 20.3. The highest BCUT2D eigenvalue weighted by Gasteiger charge is 2.20. The second kappa shape index (κ2) is 10.9. The van der Waals surface area contributed by atoms with Gasteiger partial charge in [0.2, 0.25) is 0 Å². The maximum Gasteiger partial charge on any atom is 0.341 e. The number of benzene rings is 1. The van der Waals surface area contributed by atoms with Crippen LogP contribution in [0.2, 0.25) is 0 Å². The molecule has 4 rings (SSSR count). The molecule has 0 aliphatic carbocycles. The molecule has 0 spiro atoms. The molecule has 0 saturated heterocycles. The fourth-order valence-electron chi connectivity index (χ4n) is 3.83. The van der Waals surface area contributed by atoms with Crippen molar-refractivity contribution in [2.45, 2.75) is 20.4 Å². The van der Waals surface area contributed by atoms with E-state index < -0.39 is 11.9 Å². The van der Waals surface area contributed by atoms with Crippen molar-refractivity contribution in [2.24, 2.45) is 4.99 Å². The predicted molar refractivity (Wildman–Crippen MR) is 136 cm³/mol. The third kappa shape index (κ3) is 5.01. The molecule has 1 aromatic carbocycles. The Kier molecular flexibility index (Phi) is 7.50. The summed E-state index contributed by atoms with van der Waals surface area (Å²) in [6.07, 6.45) is 4.58. The second-order valence-electron chi connectivity index (χ2n) is 7.98. The Balaban J connectivity index is 2.04. The van der Waals surface area contributed by atoms with Crippen LogP contribution >= 0.6 is 0 Å². The Morgan fingerprint density at radius 2 is 1.89 bits per heavy atom. The van der Waals surface area contributed by atoms with Gasteiger partial charge in [-0.05, 0) is 43.2 Å². The predicted octanol–water partition coefficient (Wildman–Crippen LogP) is 2.92. The molecule has 0 aliphatic heterocycles. The summed E-state index contributed by atoms with van der Waals surface area (Å²) in [6.45, 7) is 4.07. The van der Waals surface area contributed by atoms with Crippen LogP contribution in [0.4, 0.5) is 0 Å². The highest BCUT2D eigenvalue weighted by Crippen LogP contribution is 2.14. The van der Waals surface area contributed by atoms with Crippen LogP contribution in [0.5, 0.6) is 0 Å². The van der Waals surface area contributed by atoms with E-state index in [4.69, 9.17) is 14.5 Å². The van der Waals surface area contributed by atoms with E-state index in [1.54, 1.807) is 29.8 Å². The summed E-state index contributed by atoms with van der Waals surface area (Å²) in [7, 11) is 1.53. The molecule has 0 bridgehead atoms. The third-order valence-electron chi connectivity index (χ3n) is 5.55. The summed E-state index contributed by atoms with van der Waals surface area (Å²) in [6, 6.07) is 14.3. The molecule has 36 heavy (non-hydrogen) atoms. The van der Waals surface area contributed by atoms with Crippen LogP contribution < -0.4 is 11.0 Å². The summed E-state index contributed by atoms with van der Waals surface area (Å²) in [5.41, 5.74) is 2.07. The standard InChI is InChI=1S/C27H26N4O5/c1-4-36-27(34)21-17-20-24(29-23-18(2)9-8-14-31(23)26(20)33)30(15-16-35-3)25(21)28-22(32)13-12-19-10-6-5-7-11-19/h5-14,17H,4,15-16H2,1-3H3. The number of hydrogen-bond acceptors (Lipinski definition) is 6. The smallest absolute Gasteiger partial charge is 0.341 e. The van der Waals surface area contributed by atoms with Gasteiger partial charge in [-0.3, -0.25) is 14.0 Å². The first-order chi connectivity index (χ1) is 17.4. The van der Waals surface area contributed by atoms with Gasteiger partial charge in [0.25, 0.3) is 11.5 Å². The minimum atomic E-state index is -0.696. The van der Waals surface area contributed by atoms with Crippen LogP contribution in [0.25, 0.3) is 22.8 Å². The molecule has 0 atom stereocenters. The van der Waals surface area contributed by atoms with Gasteiger partial charge in [-0.1, -0.05) is 36.4 Å². The van der Waals surface area contributed by atoms with Crippen molar-refractivity contribution < 1.29 is 19.1 Å². The van der Waals surface area contributed by atoms with Crippen LogP contribution in [-0.2, 0) is 20.8 Å². The zero-order chi connectivity index (χ0) is 25.7. The van der Waals surface area contributed by atoms with Gasteiger partial charge in [-0.25, -0.2) is 9.78 Å². The normalized spacial score (nSPS) is 12.0. The highest BCUT2D eigenvalue weighted by atomic mass is 16.5. The Morgan fingerprint density at radius 3 is 2.61 bits per heavy atom. The number of ether oxygens (including phenoxy) is 2. The number of carbonyl (C=O) groups is 2. The molecule has 0 saturated carbocycles. The minimum absolute atomic E-state index is 0.00610. The van der Waals surface area contributed by atoms with Crippen molar-refractivity contribution in [3.63, 3.8) is 0 Å². The second-order valence-corrected chi connectivity index (χ2v) is 7.98. The van der Waals surface area contributed by atoms with Crippen LogP contribution in [0.3, 0.4) is 0 Å². The average molecular weight is 487 g/mol. The average Bonchev–Trinajstić information content (AvgIpc) is 2.88.